The second kappa shape index (κ2) is 15.4. The van der Waals surface area contributed by atoms with Gasteiger partial charge < -0.3 is 29.6 Å². The topological polar surface area (TPSA) is 121 Å². The smallest absolute Gasteiger partial charge is 0.331 e. The van der Waals surface area contributed by atoms with E-state index in [1.165, 1.54) is 22.7 Å². The van der Waals surface area contributed by atoms with E-state index in [1.807, 2.05) is 27.7 Å². The summed E-state index contributed by atoms with van der Waals surface area (Å²) in [5, 5.41) is 11.0. The number of aromatic nitrogens is 2. The van der Waals surface area contributed by atoms with E-state index >= 15 is 0 Å². The molecule has 0 aliphatic heterocycles. The number of carbonyl (C=O) groups excluding carboxylic acids is 2. The molecule has 2 N–H and O–H groups in total. The van der Waals surface area contributed by atoms with Gasteiger partial charge in [0.2, 0.25) is 0 Å². The summed E-state index contributed by atoms with van der Waals surface area (Å²) in [6.45, 7) is 8.99. The SMILES string of the molecule is CC(C)NCC(COc1nccs1)OC(=O)/C=C\C(=O)OC(CNC(C)C)COc1nccs1. The third-order valence-corrected chi connectivity index (χ3v) is 5.40. The molecule has 2 rings (SSSR count). The first kappa shape index (κ1) is 27.7. The van der Waals surface area contributed by atoms with Crippen LogP contribution < -0.4 is 20.1 Å². The minimum Gasteiger partial charge on any atom is -0.466 e. The molecule has 0 radical (unpaired) electrons. The Morgan fingerprint density at radius 2 is 1.24 bits per heavy atom. The van der Waals surface area contributed by atoms with Crippen molar-refractivity contribution in [2.24, 2.45) is 0 Å². The van der Waals surface area contributed by atoms with Gasteiger partial charge in [0.15, 0.2) is 0 Å². The Hall–Kier alpha value is -2.54. The van der Waals surface area contributed by atoms with E-state index in [2.05, 4.69) is 20.6 Å². The first-order valence-electron chi connectivity index (χ1n) is 10.9. The highest BCUT2D eigenvalue weighted by atomic mass is 32.1. The van der Waals surface area contributed by atoms with E-state index < -0.39 is 24.1 Å². The van der Waals surface area contributed by atoms with Crippen molar-refractivity contribution in [3.05, 3.63) is 35.3 Å². The molecule has 0 bridgehead atoms. The maximum atomic E-state index is 12.3. The summed E-state index contributed by atoms with van der Waals surface area (Å²) in [5.41, 5.74) is 0. The molecule has 12 heteroatoms. The van der Waals surface area contributed by atoms with E-state index in [-0.39, 0.29) is 25.3 Å². The number of nitrogens with one attached hydrogen (secondary N) is 2. The van der Waals surface area contributed by atoms with Crippen molar-refractivity contribution in [2.45, 2.75) is 52.0 Å². The third-order valence-electron chi connectivity index (χ3n) is 4.03. The normalized spacial score (nSPS) is 13.2. The van der Waals surface area contributed by atoms with Crippen LogP contribution in [0.1, 0.15) is 27.7 Å². The van der Waals surface area contributed by atoms with Crippen LogP contribution in [0.15, 0.2) is 35.3 Å². The predicted octanol–water partition coefficient (Wildman–Crippen LogP) is 2.43. The van der Waals surface area contributed by atoms with Gasteiger partial charge in [0, 0.05) is 60.5 Å². The Bertz CT molecular complexity index is 789. The van der Waals surface area contributed by atoms with Gasteiger partial charge in [0.1, 0.15) is 25.4 Å². The zero-order valence-corrected chi connectivity index (χ0v) is 21.4. The molecular weight excluding hydrogens is 480 g/mol. The van der Waals surface area contributed by atoms with E-state index in [0.717, 1.165) is 12.2 Å². The van der Waals surface area contributed by atoms with Crippen LogP contribution in [0.5, 0.6) is 10.4 Å². The summed E-state index contributed by atoms with van der Waals surface area (Å²) >= 11 is 2.70. The molecule has 10 nitrogen and oxygen atoms in total. The second-order valence-electron chi connectivity index (χ2n) is 7.80. The number of nitrogens with zero attached hydrogens (tertiary/aromatic N) is 2. The quantitative estimate of drug-likeness (QED) is 0.256. The van der Waals surface area contributed by atoms with Crippen molar-refractivity contribution in [3.8, 4) is 10.4 Å². The minimum absolute atomic E-state index is 0.133. The molecular formula is C22H32N4O6S2. The van der Waals surface area contributed by atoms with Crippen LogP contribution in [0.2, 0.25) is 0 Å². The van der Waals surface area contributed by atoms with Crippen molar-refractivity contribution in [1.29, 1.82) is 0 Å². The van der Waals surface area contributed by atoms with Crippen LogP contribution in [0.4, 0.5) is 0 Å². The van der Waals surface area contributed by atoms with Crippen molar-refractivity contribution < 1.29 is 28.5 Å². The highest BCUT2D eigenvalue weighted by molar-refractivity contribution is 7.11. The summed E-state index contributed by atoms with van der Waals surface area (Å²) in [7, 11) is 0. The Morgan fingerprint density at radius 3 is 1.56 bits per heavy atom. The molecule has 2 aromatic rings. The average Bonchev–Trinajstić information content (AvgIpc) is 3.50. The first-order valence-corrected chi connectivity index (χ1v) is 12.7. The first-order chi connectivity index (χ1) is 16.3. The maximum absolute atomic E-state index is 12.3. The Labute approximate surface area is 207 Å². The molecule has 0 spiro atoms. The average molecular weight is 513 g/mol. The van der Waals surface area contributed by atoms with Gasteiger partial charge in [-0.2, -0.15) is 0 Å². The van der Waals surface area contributed by atoms with Crippen molar-refractivity contribution in [1.82, 2.24) is 20.6 Å². The molecule has 0 aliphatic carbocycles. The standard InChI is InChI=1S/C22H32N4O6S2/c1-15(2)25-11-17(13-29-21-23-7-9-33-21)31-19(27)5-6-20(28)32-18(12-26-16(3)4)14-30-22-24-8-10-34-22/h5-10,15-18,25-26H,11-14H2,1-4H3/b6-5-. The number of rotatable bonds is 16. The number of esters is 2. The summed E-state index contributed by atoms with van der Waals surface area (Å²) in [6.07, 6.45) is 4.23. The summed E-state index contributed by atoms with van der Waals surface area (Å²) in [6, 6.07) is 0.407. The maximum Gasteiger partial charge on any atom is 0.331 e. The van der Waals surface area contributed by atoms with Crippen LogP contribution >= 0.6 is 22.7 Å². The fourth-order valence-corrected chi connectivity index (χ4v) is 3.43. The molecule has 0 saturated heterocycles. The number of ether oxygens (including phenoxy) is 4. The van der Waals surface area contributed by atoms with Gasteiger partial charge in [0.05, 0.1) is 0 Å². The largest absolute Gasteiger partial charge is 0.466 e. The molecule has 0 saturated carbocycles. The van der Waals surface area contributed by atoms with Gasteiger partial charge >= 0.3 is 11.9 Å². The number of hydrogen-bond donors (Lipinski definition) is 2. The van der Waals surface area contributed by atoms with Crippen LogP contribution in [0, 0.1) is 0 Å². The Morgan fingerprint density at radius 1 is 0.824 bits per heavy atom. The summed E-state index contributed by atoms with van der Waals surface area (Å²) < 4.78 is 22.0. The number of carbonyl (C=O) groups is 2. The second-order valence-corrected chi connectivity index (χ2v) is 9.51. The lowest BCUT2D eigenvalue weighted by Gasteiger charge is -2.19. The van der Waals surface area contributed by atoms with Crippen LogP contribution in [0.3, 0.4) is 0 Å². The molecule has 0 fully saturated rings. The lowest BCUT2D eigenvalue weighted by Crippen LogP contribution is -2.38. The minimum atomic E-state index is -0.675. The van der Waals surface area contributed by atoms with E-state index in [9.17, 15) is 9.59 Å². The summed E-state index contributed by atoms with van der Waals surface area (Å²) in [5.74, 6) is -1.35. The molecule has 0 amide bonds. The Balaban J connectivity index is 1.85. The van der Waals surface area contributed by atoms with Crippen LogP contribution in [0.25, 0.3) is 0 Å². The van der Waals surface area contributed by atoms with Gasteiger partial charge in [-0.3, -0.25) is 0 Å². The molecule has 188 valence electrons. The van der Waals surface area contributed by atoms with Gasteiger partial charge in [-0.1, -0.05) is 50.4 Å². The molecule has 0 aliphatic rings. The van der Waals surface area contributed by atoms with Crippen molar-refractivity contribution in [2.75, 3.05) is 26.3 Å². The van der Waals surface area contributed by atoms with E-state index in [1.54, 1.807) is 23.2 Å². The lowest BCUT2D eigenvalue weighted by molar-refractivity contribution is -0.147. The van der Waals surface area contributed by atoms with Gasteiger partial charge in [-0.05, 0) is 0 Å². The molecule has 2 aromatic heterocycles. The fraction of sp³-hybridized carbons (Fsp3) is 0.545. The Kier molecular flexibility index (Phi) is 12.5. The highest BCUT2D eigenvalue weighted by Crippen LogP contribution is 2.15. The van der Waals surface area contributed by atoms with E-state index in [4.69, 9.17) is 18.9 Å². The highest BCUT2D eigenvalue weighted by Gasteiger charge is 2.18. The van der Waals surface area contributed by atoms with Crippen LogP contribution in [-0.2, 0) is 19.1 Å². The van der Waals surface area contributed by atoms with Crippen molar-refractivity contribution in [3.63, 3.8) is 0 Å². The van der Waals surface area contributed by atoms with Crippen LogP contribution in [-0.4, -0.2) is 72.5 Å². The monoisotopic (exact) mass is 512 g/mol. The van der Waals surface area contributed by atoms with Gasteiger partial charge in [0.25, 0.3) is 10.4 Å². The number of hydrogen-bond acceptors (Lipinski definition) is 12. The zero-order chi connectivity index (χ0) is 24.8. The molecule has 34 heavy (non-hydrogen) atoms. The van der Waals surface area contributed by atoms with Gasteiger partial charge in [-0.25, -0.2) is 19.6 Å². The third kappa shape index (κ3) is 12.1. The van der Waals surface area contributed by atoms with Crippen molar-refractivity contribution >= 4 is 34.6 Å². The molecule has 2 atom stereocenters. The van der Waals surface area contributed by atoms with E-state index in [0.29, 0.717) is 23.5 Å². The lowest BCUT2D eigenvalue weighted by atomic mass is 10.3. The van der Waals surface area contributed by atoms with Gasteiger partial charge in [-0.15, -0.1) is 0 Å². The predicted molar refractivity (Wildman–Crippen MR) is 130 cm³/mol. The fourth-order valence-electron chi connectivity index (χ4n) is 2.44. The zero-order valence-electron chi connectivity index (χ0n) is 19.8. The molecule has 2 unspecified atom stereocenters. The number of thiazole rings is 2. The molecule has 2 heterocycles. The molecule has 0 aromatic carbocycles. The summed E-state index contributed by atoms with van der Waals surface area (Å²) in [4.78, 5) is 32.7.